The Balaban J connectivity index is 1.98. The maximum atomic E-state index is 12.1. The van der Waals surface area contributed by atoms with Gasteiger partial charge in [-0.05, 0) is 17.7 Å². The monoisotopic (exact) mass is 348 g/mol. The van der Waals surface area contributed by atoms with Crippen molar-refractivity contribution in [2.75, 3.05) is 11.1 Å². The molecule has 1 amide bonds. The Morgan fingerprint density at radius 3 is 2.22 bits per heavy atom. The molecule has 0 aliphatic heterocycles. The van der Waals surface area contributed by atoms with Crippen molar-refractivity contribution in [2.45, 2.75) is 5.75 Å². The third kappa shape index (κ3) is 5.46. The number of amides is 1. The largest absolute Gasteiger partial charge is 0.389 e. The van der Waals surface area contributed by atoms with Gasteiger partial charge in [-0.1, -0.05) is 54.7 Å². The predicted molar refractivity (Wildman–Crippen MR) is 94.9 cm³/mol. The lowest BCUT2D eigenvalue weighted by atomic mass is 10.1. The normalized spacial score (nSPS) is 11.0. The van der Waals surface area contributed by atoms with Crippen LogP contribution in [0, 0.1) is 0 Å². The molecule has 0 atom stereocenters. The predicted octanol–water partition coefficient (Wildman–Crippen LogP) is 1.87. The highest BCUT2D eigenvalue weighted by Gasteiger charge is 2.17. The molecule has 0 aliphatic rings. The first kappa shape index (κ1) is 17.1. The maximum Gasteiger partial charge on any atom is 0.239 e. The molecule has 0 radical (unpaired) electrons. The number of para-hydroxylation sites is 1. The quantitative estimate of drug-likeness (QED) is 0.778. The number of sulfone groups is 1. The Bertz CT molecular complexity index is 801. The van der Waals surface area contributed by atoms with Crippen LogP contribution in [0.2, 0.25) is 0 Å². The summed E-state index contributed by atoms with van der Waals surface area (Å²) in [5.74, 6) is -1.35. The number of thiocarbonyl (C=S) groups is 1. The van der Waals surface area contributed by atoms with E-state index in [0.29, 0.717) is 16.8 Å². The van der Waals surface area contributed by atoms with Gasteiger partial charge in [0.1, 0.15) is 10.7 Å². The second kappa shape index (κ2) is 7.34. The Morgan fingerprint density at radius 2 is 1.65 bits per heavy atom. The number of carbonyl (C=O) groups is 1. The lowest BCUT2D eigenvalue weighted by molar-refractivity contribution is -0.113. The molecule has 2 rings (SSSR count). The van der Waals surface area contributed by atoms with E-state index in [-0.39, 0.29) is 10.7 Å². The van der Waals surface area contributed by atoms with E-state index in [1.807, 2.05) is 6.07 Å². The molecular formula is C16H16N2O3S2. The third-order valence-corrected chi connectivity index (χ3v) is 4.74. The van der Waals surface area contributed by atoms with Crippen LogP contribution in [0.3, 0.4) is 0 Å². The fourth-order valence-corrected chi connectivity index (χ4v) is 3.40. The zero-order chi connectivity index (χ0) is 16.9. The van der Waals surface area contributed by atoms with E-state index >= 15 is 0 Å². The Morgan fingerprint density at radius 1 is 1.04 bits per heavy atom. The summed E-state index contributed by atoms with van der Waals surface area (Å²) in [5.41, 5.74) is 7.30. The van der Waals surface area contributed by atoms with E-state index < -0.39 is 21.5 Å². The summed E-state index contributed by atoms with van der Waals surface area (Å²) in [5, 5.41) is 2.56. The molecule has 7 heteroatoms. The zero-order valence-corrected chi connectivity index (χ0v) is 13.9. The topological polar surface area (TPSA) is 89.3 Å². The lowest BCUT2D eigenvalue weighted by Gasteiger charge is -2.07. The highest BCUT2D eigenvalue weighted by Crippen LogP contribution is 2.10. The second-order valence-corrected chi connectivity index (χ2v) is 7.51. The molecule has 0 fully saturated rings. The number of carbonyl (C=O) groups excluding carboxylic acids is 1. The van der Waals surface area contributed by atoms with Crippen LogP contribution in [-0.4, -0.2) is 25.1 Å². The summed E-state index contributed by atoms with van der Waals surface area (Å²) in [6.07, 6.45) is 0. The minimum absolute atomic E-state index is 0.215. The van der Waals surface area contributed by atoms with Gasteiger partial charge in [-0.15, -0.1) is 0 Å². The van der Waals surface area contributed by atoms with Crippen LogP contribution in [0.1, 0.15) is 11.1 Å². The number of anilines is 1. The minimum Gasteiger partial charge on any atom is -0.389 e. The fraction of sp³-hybridized carbons (Fsp3) is 0.125. The first-order valence-corrected chi connectivity index (χ1v) is 9.03. The fourth-order valence-electron chi connectivity index (χ4n) is 1.99. The van der Waals surface area contributed by atoms with Crippen LogP contribution in [0.5, 0.6) is 0 Å². The van der Waals surface area contributed by atoms with Gasteiger partial charge in [0.15, 0.2) is 9.84 Å². The summed E-state index contributed by atoms with van der Waals surface area (Å²) in [6, 6.07) is 15.3. The molecule has 2 aromatic rings. The van der Waals surface area contributed by atoms with Crippen molar-refractivity contribution in [3.63, 3.8) is 0 Å². The van der Waals surface area contributed by atoms with Gasteiger partial charge in [-0.2, -0.15) is 0 Å². The van der Waals surface area contributed by atoms with E-state index in [0.717, 1.165) is 0 Å². The van der Waals surface area contributed by atoms with Gasteiger partial charge in [0.25, 0.3) is 0 Å². The van der Waals surface area contributed by atoms with Crippen molar-refractivity contribution in [1.82, 2.24) is 0 Å². The smallest absolute Gasteiger partial charge is 0.239 e. The van der Waals surface area contributed by atoms with Crippen LogP contribution in [0.4, 0.5) is 5.69 Å². The van der Waals surface area contributed by atoms with E-state index in [2.05, 4.69) is 5.32 Å². The van der Waals surface area contributed by atoms with Gasteiger partial charge >= 0.3 is 0 Å². The first-order chi connectivity index (χ1) is 10.9. The van der Waals surface area contributed by atoms with Gasteiger partial charge in [-0.3, -0.25) is 4.79 Å². The molecule has 2 aromatic carbocycles. The summed E-state index contributed by atoms with van der Waals surface area (Å²) in [4.78, 5) is 12.1. The molecule has 120 valence electrons. The van der Waals surface area contributed by atoms with Crippen molar-refractivity contribution < 1.29 is 13.2 Å². The van der Waals surface area contributed by atoms with Gasteiger partial charge in [0.2, 0.25) is 5.91 Å². The molecule has 0 saturated heterocycles. The maximum absolute atomic E-state index is 12.1. The third-order valence-electron chi connectivity index (χ3n) is 3.03. The molecular weight excluding hydrogens is 332 g/mol. The van der Waals surface area contributed by atoms with Crippen molar-refractivity contribution in [3.8, 4) is 0 Å². The molecule has 5 nitrogen and oxygen atoms in total. The Hall–Kier alpha value is -2.25. The molecule has 0 unspecified atom stereocenters. The van der Waals surface area contributed by atoms with Crippen LogP contribution in [0.15, 0.2) is 54.6 Å². The number of nitrogens with one attached hydrogen (secondary N) is 1. The summed E-state index contributed by atoms with van der Waals surface area (Å²) in [7, 11) is -3.56. The molecule has 0 bridgehead atoms. The molecule has 0 saturated carbocycles. The van der Waals surface area contributed by atoms with Crippen LogP contribution in [-0.2, 0) is 20.4 Å². The number of hydrogen-bond acceptors (Lipinski definition) is 4. The molecule has 0 heterocycles. The second-order valence-electron chi connectivity index (χ2n) is 5.01. The van der Waals surface area contributed by atoms with Crippen molar-refractivity contribution in [1.29, 1.82) is 0 Å². The van der Waals surface area contributed by atoms with Crippen molar-refractivity contribution in [2.24, 2.45) is 5.73 Å². The SMILES string of the molecule is NC(=S)c1ccc(CS(=O)(=O)CC(=O)Nc2ccccc2)cc1. The average Bonchev–Trinajstić information content (AvgIpc) is 2.47. The highest BCUT2D eigenvalue weighted by molar-refractivity contribution is 7.91. The molecule has 0 spiro atoms. The van der Waals surface area contributed by atoms with Gasteiger partial charge < -0.3 is 11.1 Å². The Kier molecular flexibility index (Phi) is 5.46. The van der Waals surface area contributed by atoms with Gasteiger partial charge in [-0.25, -0.2) is 8.42 Å². The summed E-state index contributed by atoms with van der Waals surface area (Å²) < 4.78 is 24.2. The van der Waals surface area contributed by atoms with E-state index in [1.54, 1.807) is 48.5 Å². The van der Waals surface area contributed by atoms with Crippen LogP contribution < -0.4 is 11.1 Å². The first-order valence-electron chi connectivity index (χ1n) is 6.80. The van der Waals surface area contributed by atoms with Crippen molar-refractivity contribution >= 4 is 38.6 Å². The van der Waals surface area contributed by atoms with E-state index in [1.165, 1.54) is 0 Å². The zero-order valence-electron chi connectivity index (χ0n) is 12.2. The highest BCUT2D eigenvalue weighted by atomic mass is 32.2. The van der Waals surface area contributed by atoms with Crippen LogP contribution in [0.25, 0.3) is 0 Å². The molecule has 3 N–H and O–H groups in total. The van der Waals surface area contributed by atoms with Crippen LogP contribution >= 0.6 is 12.2 Å². The summed E-state index contributed by atoms with van der Waals surface area (Å²) >= 11 is 4.84. The summed E-state index contributed by atoms with van der Waals surface area (Å²) in [6.45, 7) is 0. The van der Waals surface area contributed by atoms with E-state index in [4.69, 9.17) is 18.0 Å². The standard InChI is InChI=1S/C16H16N2O3S2/c17-16(22)13-8-6-12(7-9-13)10-23(20,21)11-15(19)18-14-4-2-1-3-5-14/h1-9H,10-11H2,(H2,17,22)(H,18,19). The van der Waals surface area contributed by atoms with Crippen molar-refractivity contribution in [3.05, 3.63) is 65.7 Å². The molecule has 0 aliphatic carbocycles. The molecule has 0 aromatic heterocycles. The number of hydrogen-bond donors (Lipinski definition) is 2. The molecule has 23 heavy (non-hydrogen) atoms. The number of rotatable bonds is 6. The Labute approximate surface area is 140 Å². The van der Waals surface area contributed by atoms with Gasteiger partial charge in [0.05, 0.1) is 5.75 Å². The van der Waals surface area contributed by atoms with Gasteiger partial charge in [0, 0.05) is 11.3 Å². The van der Waals surface area contributed by atoms with E-state index in [9.17, 15) is 13.2 Å². The average molecular weight is 348 g/mol. The lowest BCUT2D eigenvalue weighted by Crippen LogP contribution is -2.24. The minimum atomic E-state index is -3.56. The number of nitrogens with two attached hydrogens (primary N) is 1. The number of benzene rings is 2.